The van der Waals surface area contributed by atoms with Crippen molar-refractivity contribution in [2.75, 3.05) is 10.9 Å². The van der Waals surface area contributed by atoms with Crippen LogP contribution in [0, 0.1) is 0 Å². The SMILES string of the molecule is CCc1ccccc1N(C1CCCC=C1CCOC=O)S(=O)[O-]. The predicted octanol–water partition coefficient (Wildman–Crippen LogP) is 2.89. The Morgan fingerprint density at radius 1 is 1.43 bits per heavy atom. The molecular formula is C17H22NO4S-. The molecule has 0 aromatic heterocycles. The molecule has 2 atom stereocenters. The lowest BCUT2D eigenvalue weighted by Gasteiger charge is -2.39. The molecule has 1 aromatic rings. The molecule has 1 aliphatic carbocycles. The van der Waals surface area contributed by atoms with Gasteiger partial charge in [0.2, 0.25) is 0 Å². The number of anilines is 1. The summed E-state index contributed by atoms with van der Waals surface area (Å²) in [4.78, 5) is 10.3. The molecule has 6 heteroatoms. The number of benzene rings is 1. The third-order valence-electron chi connectivity index (χ3n) is 4.15. The van der Waals surface area contributed by atoms with Gasteiger partial charge in [0.05, 0.1) is 18.3 Å². The lowest BCUT2D eigenvalue weighted by atomic mass is 9.91. The van der Waals surface area contributed by atoms with Crippen molar-refractivity contribution in [1.29, 1.82) is 0 Å². The number of rotatable bonds is 8. The van der Waals surface area contributed by atoms with Crippen molar-refractivity contribution >= 4 is 23.4 Å². The lowest BCUT2D eigenvalue weighted by molar-refractivity contribution is -0.128. The highest BCUT2D eigenvalue weighted by atomic mass is 32.2. The molecule has 5 nitrogen and oxygen atoms in total. The third kappa shape index (κ3) is 4.42. The van der Waals surface area contributed by atoms with E-state index in [2.05, 4.69) is 6.08 Å². The number of ether oxygens (including phenoxy) is 1. The number of carbonyl (C=O) groups excluding carboxylic acids is 1. The van der Waals surface area contributed by atoms with E-state index in [0.717, 1.165) is 42.5 Å². The number of hydrogen-bond donors (Lipinski definition) is 0. The Bertz CT molecular complexity index is 588. The van der Waals surface area contributed by atoms with E-state index in [1.165, 1.54) is 4.31 Å². The van der Waals surface area contributed by atoms with Crippen LogP contribution in [0.15, 0.2) is 35.9 Å². The van der Waals surface area contributed by atoms with Gasteiger partial charge in [0, 0.05) is 17.7 Å². The zero-order valence-corrected chi connectivity index (χ0v) is 14.1. The molecule has 2 rings (SSSR count). The van der Waals surface area contributed by atoms with Gasteiger partial charge in [-0.25, -0.2) is 0 Å². The molecule has 0 radical (unpaired) electrons. The van der Waals surface area contributed by atoms with Crippen molar-refractivity contribution in [2.24, 2.45) is 0 Å². The van der Waals surface area contributed by atoms with Crippen molar-refractivity contribution in [3.05, 3.63) is 41.5 Å². The highest BCUT2D eigenvalue weighted by Gasteiger charge is 2.27. The highest BCUT2D eigenvalue weighted by Crippen LogP contribution is 2.32. The van der Waals surface area contributed by atoms with E-state index in [1.807, 2.05) is 31.2 Å². The molecular weight excluding hydrogens is 314 g/mol. The Kier molecular flexibility index (Phi) is 6.80. The van der Waals surface area contributed by atoms with Gasteiger partial charge in [-0.1, -0.05) is 31.2 Å². The number of hydrogen-bond acceptors (Lipinski definition) is 4. The van der Waals surface area contributed by atoms with E-state index in [4.69, 9.17) is 4.74 Å². The first-order chi connectivity index (χ1) is 11.2. The minimum atomic E-state index is -2.36. The maximum absolute atomic E-state index is 12.0. The van der Waals surface area contributed by atoms with Gasteiger partial charge < -0.3 is 9.29 Å². The fourth-order valence-corrected chi connectivity index (χ4v) is 3.85. The van der Waals surface area contributed by atoms with Crippen LogP contribution in [-0.4, -0.2) is 27.9 Å². The first-order valence-electron chi connectivity index (χ1n) is 7.89. The van der Waals surface area contributed by atoms with Gasteiger partial charge in [-0.3, -0.25) is 13.3 Å². The molecule has 126 valence electrons. The smallest absolute Gasteiger partial charge is 0.293 e. The summed E-state index contributed by atoms with van der Waals surface area (Å²) in [6.45, 7) is 2.72. The molecule has 0 saturated carbocycles. The number of nitrogens with zero attached hydrogens (tertiary/aromatic N) is 1. The summed E-state index contributed by atoms with van der Waals surface area (Å²) in [5, 5.41) is 0. The largest absolute Gasteiger partial charge is 0.755 e. The average Bonchev–Trinajstić information content (AvgIpc) is 2.57. The zero-order chi connectivity index (χ0) is 16.7. The van der Waals surface area contributed by atoms with Crippen LogP contribution < -0.4 is 4.31 Å². The van der Waals surface area contributed by atoms with Crippen molar-refractivity contribution in [3.63, 3.8) is 0 Å². The number of carbonyl (C=O) groups is 1. The molecule has 0 N–H and O–H groups in total. The van der Waals surface area contributed by atoms with Crippen molar-refractivity contribution in [3.8, 4) is 0 Å². The maximum Gasteiger partial charge on any atom is 0.293 e. The van der Waals surface area contributed by atoms with Crippen molar-refractivity contribution in [2.45, 2.75) is 45.1 Å². The molecule has 1 aliphatic rings. The van der Waals surface area contributed by atoms with Crippen LogP contribution in [0.4, 0.5) is 5.69 Å². The Morgan fingerprint density at radius 3 is 2.91 bits per heavy atom. The molecule has 0 heterocycles. The van der Waals surface area contributed by atoms with E-state index in [9.17, 15) is 13.6 Å². The summed E-state index contributed by atoms with van der Waals surface area (Å²) < 4.78 is 30.2. The monoisotopic (exact) mass is 336 g/mol. The van der Waals surface area contributed by atoms with Crippen LogP contribution in [-0.2, 0) is 27.2 Å². The summed E-state index contributed by atoms with van der Waals surface area (Å²) in [6, 6.07) is 7.38. The van der Waals surface area contributed by atoms with E-state index < -0.39 is 11.3 Å². The Balaban J connectivity index is 2.31. The van der Waals surface area contributed by atoms with Gasteiger partial charge in [-0.05, 0) is 42.9 Å². The zero-order valence-electron chi connectivity index (χ0n) is 13.3. The van der Waals surface area contributed by atoms with Crippen molar-refractivity contribution < 1.29 is 18.3 Å². The normalized spacial score (nSPS) is 18.9. The molecule has 1 aromatic carbocycles. The van der Waals surface area contributed by atoms with Crippen LogP contribution >= 0.6 is 0 Å². The Hall–Kier alpha value is -1.66. The molecule has 0 amide bonds. The van der Waals surface area contributed by atoms with Gasteiger partial charge in [-0.15, -0.1) is 0 Å². The fourth-order valence-electron chi connectivity index (χ4n) is 3.06. The van der Waals surface area contributed by atoms with Crippen LogP contribution in [0.2, 0.25) is 0 Å². The number of allylic oxidation sites excluding steroid dienone is 1. The summed E-state index contributed by atoms with van der Waals surface area (Å²) >= 11 is -2.36. The van der Waals surface area contributed by atoms with Gasteiger partial charge in [0.1, 0.15) is 0 Å². The second-order valence-electron chi connectivity index (χ2n) is 5.47. The first kappa shape index (κ1) is 17.7. The summed E-state index contributed by atoms with van der Waals surface area (Å²) in [7, 11) is 0. The quantitative estimate of drug-likeness (QED) is 0.317. The van der Waals surface area contributed by atoms with E-state index in [0.29, 0.717) is 12.9 Å². The highest BCUT2D eigenvalue weighted by molar-refractivity contribution is 7.80. The topological polar surface area (TPSA) is 69.7 Å². The third-order valence-corrected chi connectivity index (χ3v) is 4.92. The van der Waals surface area contributed by atoms with Gasteiger partial charge in [0.15, 0.2) is 0 Å². The first-order valence-corrected chi connectivity index (χ1v) is 8.93. The van der Waals surface area contributed by atoms with E-state index >= 15 is 0 Å². The van der Waals surface area contributed by atoms with E-state index in [1.54, 1.807) is 0 Å². The molecule has 0 fully saturated rings. The predicted molar refractivity (Wildman–Crippen MR) is 89.6 cm³/mol. The molecule has 23 heavy (non-hydrogen) atoms. The average molecular weight is 336 g/mol. The lowest BCUT2D eigenvalue weighted by Crippen LogP contribution is -2.40. The molecule has 0 aliphatic heterocycles. The number of aryl methyl sites for hydroxylation is 1. The molecule has 2 unspecified atom stereocenters. The fraction of sp³-hybridized carbons (Fsp3) is 0.471. The maximum atomic E-state index is 12.0. The van der Waals surface area contributed by atoms with Gasteiger partial charge in [0.25, 0.3) is 6.47 Å². The molecule has 0 spiro atoms. The summed E-state index contributed by atoms with van der Waals surface area (Å²) in [6.07, 6.45) is 6.07. The van der Waals surface area contributed by atoms with Gasteiger partial charge in [-0.2, -0.15) is 0 Å². The van der Waals surface area contributed by atoms with Crippen LogP contribution in [0.25, 0.3) is 0 Å². The van der Waals surface area contributed by atoms with E-state index in [-0.39, 0.29) is 12.6 Å². The summed E-state index contributed by atoms with van der Waals surface area (Å²) in [5.41, 5.74) is 2.76. The number of para-hydroxylation sites is 1. The van der Waals surface area contributed by atoms with Gasteiger partial charge >= 0.3 is 0 Å². The minimum Gasteiger partial charge on any atom is -0.755 e. The van der Waals surface area contributed by atoms with Crippen LogP contribution in [0.3, 0.4) is 0 Å². The molecule has 0 bridgehead atoms. The standard InChI is InChI=1S/C17H23NO4S/c1-2-14-7-3-5-9-16(14)18(23(20)21)17-10-6-4-8-15(17)11-12-22-13-19/h3,5,7-9,13,17H,2,4,6,10-12H2,1H3,(H,20,21)/p-1. The Labute approximate surface area is 139 Å². The van der Waals surface area contributed by atoms with Crippen LogP contribution in [0.1, 0.15) is 38.2 Å². The molecule has 0 saturated heterocycles. The summed E-state index contributed by atoms with van der Waals surface area (Å²) in [5.74, 6) is 0. The van der Waals surface area contributed by atoms with Crippen molar-refractivity contribution in [1.82, 2.24) is 0 Å². The minimum absolute atomic E-state index is 0.204. The second-order valence-corrected chi connectivity index (χ2v) is 6.30. The second kappa shape index (κ2) is 8.84. The Morgan fingerprint density at radius 2 is 2.22 bits per heavy atom. The van der Waals surface area contributed by atoms with Crippen LogP contribution in [0.5, 0.6) is 0 Å².